The summed E-state index contributed by atoms with van der Waals surface area (Å²) in [5.41, 5.74) is 5.16. The molecular formula is C10H15N. The Morgan fingerprint density at radius 3 is 2.36 bits per heavy atom. The van der Waals surface area contributed by atoms with E-state index in [1.807, 2.05) is 26.0 Å². The topological polar surface area (TPSA) is 12.4 Å². The molecule has 0 amide bonds. The highest BCUT2D eigenvalue weighted by Gasteiger charge is 1.80. The molecule has 0 rings (SSSR count). The number of hydrogen-bond donors (Lipinski definition) is 0. The molecule has 0 aliphatic carbocycles. The van der Waals surface area contributed by atoms with Crippen LogP contribution >= 0.6 is 0 Å². The average Bonchev–Trinajstić information content (AvgIpc) is 1.86. The Morgan fingerprint density at radius 1 is 1.27 bits per heavy atom. The van der Waals surface area contributed by atoms with Crippen molar-refractivity contribution in [2.75, 3.05) is 0 Å². The molecule has 0 aromatic carbocycles. The van der Waals surface area contributed by atoms with Crippen LogP contribution in [0.25, 0.3) is 0 Å². The van der Waals surface area contributed by atoms with Crippen LogP contribution in [0.15, 0.2) is 34.6 Å². The molecule has 0 N–H and O–H groups in total. The fourth-order valence-corrected chi connectivity index (χ4v) is 0.669. The molecule has 0 atom stereocenters. The van der Waals surface area contributed by atoms with Crippen molar-refractivity contribution in [3.05, 3.63) is 29.7 Å². The highest BCUT2D eigenvalue weighted by Crippen LogP contribution is 1.90. The molecule has 60 valence electrons. The molecule has 0 aromatic heterocycles. The lowest BCUT2D eigenvalue weighted by atomic mass is 10.2. The Labute approximate surface area is 68.9 Å². The molecule has 0 aliphatic heterocycles. The lowest BCUT2D eigenvalue weighted by Crippen LogP contribution is -1.82. The van der Waals surface area contributed by atoms with Gasteiger partial charge in [-0.25, -0.2) is 0 Å². The Bertz CT molecular complexity index is 221. The van der Waals surface area contributed by atoms with Crippen LogP contribution in [-0.4, -0.2) is 5.71 Å². The van der Waals surface area contributed by atoms with Gasteiger partial charge in [-0.05, 0) is 39.8 Å². The maximum atomic E-state index is 4.13. The summed E-state index contributed by atoms with van der Waals surface area (Å²) in [5, 5.41) is 0. The van der Waals surface area contributed by atoms with Crippen LogP contribution in [0.3, 0.4) is 0 Å². The number of allylic oxidation sites excluding steroid dienone is 3. The van der Waals surface area contributed by atoms with Gasteiger partial charge in [0.25, 0.3) is 0 Å². The molecule has 0 saturated carbocycles. The first-order chi connectivity index (χ1) is 5.16. The normalized spacial score (nSPS) is 10.0. The van der Waals surface area contributed by atoms with E-state index in [4.69, 9.17) is 0 Å². The van der Waals surface area contributed by atoms with Gasteiger partial charge in [0.1, 0.15) is 0 Å². The van der Waals surface area contributed by atoms with Crippen LogP contribution in [0.2, 0.25) is 0 Å². The first-order valence-electron chi connectivity index (χ1n) is 3.71. The summed E-state index contributed by atoms with van der Waals surface area (Å²) in [6.45, 7) is 8.00. The summed E-state index contributed by atoms with van der Waals surface area (Å²) < 4.78 is 0. The van der Waals surface area contributed by atoms with E-state index in [0.29, 0.717) is 0 Å². The zero-order chi connectivity index (χ0) is 8.69. The van der Waals surface area contributed by atoms with E-state index in [-0.39, 0.29) is 0 Å². The molecule has 0 aromatic rings. The van der Waals surface area contributed by atoms with E-state index >= 15 is 0 Å². The van der Waals surface area contributed by atoms with Crippen molar-refractivity contribution in [3.8, 4) is 0 Å². The standard InChI is InChI=1S/C10H15N/c1-5-6-7-11-10(4)8-9(2)3/h5,7-8H,1-4H3/b11-10-. The molecule has 0 radical (unpaired) electrons. The molecule has 1 heteroatoms. The molecular weight excluding hydrogens is 134 g/mol. The monoisotopic (exact) mass is 149 g/mol. The highest BCUT2D eigenvalue weighted by atomic mass is 14.7. The minimum Gasteiger partial charge on any atom is -0.253 e. The molecule has 0 spiro atoms. The maximum absolute atomic E-state index is 4.13. The second-order valence-electron chi connectivity index (χ2n) is 2.58. The van der Waals surface area contributed by atoms with Crippen LogP contribution in [0.1, 0.15) is 27.7 Å². The van der Waals surface area contributed by atoms with Crippen LogP contribution < -0.4 is 0 Å². The summed E-state index contributed by atoms with van der Waals surface area (Å²) in [5.74, 6) is 0. The summed E-state index contributed by atoms with van der Waals surface area (Å²) in [6.07, 6.45) is 5.54. The van der Waals surface area contributed by atoms with E-state index in [0.717, 1.165) is 5.71 Å². The molecule has 0 heterocycles. The third-order valence-electron chi connectivity index (χ3n) is 1.01. The molecule has 0 saturated heterocycles. The van der Waals surface area contributed by atoms with Gasteiger partial charge < -0.3 is 0 Å². The summed E-state index contributed by atoms with van der Waals surface area (Å²) in [4.78, 5) is 4.13. The van der Waals surface area contributed by atoms with Crippen molar-refractivity contribution in [2.45, 2.75) is 27.7 Å². The predicted molar refractivity (Wildman–Crippen MR) is 50.9 cm³/mol. The second-order valence-corrected chi connectivity index (χ2v) is 2.58. The van der Waals surface area contributed by atoms with Gasteiger partial charge in [0.05, 0.1) is 6.20 Å². The van der Waals surface area contributed by atoms with Gasteiger partial charge in [-0.3, -0.25) is 4.99 Å². The Morgan fingerprint density at radius 2 is 1.91 bits per heavy atom. The molecule has 0 fully saturated rings. The van der Waals surface area contributed by atoms with Crippen molar-refractivity contribution in [3.63, 3.8) is 0 Å². The van der Waals surface area contributed by atoms with Gasteiger partial charge in [0.2, 0.25) is 0 Å². The fourth-order valence-electron chi connectivity index (χ4n) is 0.669. The third-order valence-corrected chi connectivity index (χ3v) is 1.01. The van der Waals surface area contributed by atoms with Crippen LogP contribution in [-0.2, 0) is 0 Å². The first-order valence-corrected chi connectivity index (χ1v) is 3.71. The smallest absolute Gasteiger partial charge is 0.0686 e. The minimum atomic E-state index is 1.01. The van der Waals surface area contributed by atoms with Crippen molar-refractivity contribution in [1.29, 1.82) is 0 Å². The zero-order valence-electron chi connectivity index (χ0n) is 7.68. The molecule has 0 bridgehead atoms. The Hall–Kier alpha value is -1.07. The molecule has 1 nitrogen and oxygen atoms in total. The molecule has 11 heavy (non-hydrogen) atoms. The van der Waals surface area contributed by atoms with Crippen molar-refractivity contribution >= 4 is 5.71 Å². The zero-order valence-corrected chi connectivity index (χ0v) is 7.68. The van der Waals surface area contributed by atoms with Gasteiger partial charge in [-0.1, -0.05) is 5.57 Å². The van der Waals surface area contributed by atoms with Crippen molar-refractivity contribution in [1.82, 2.24) is 0 Å². The van der Waals surface area contributed by atoms with Gasteiger partial charge in [-0.2, -0.15) is 0 Å². The number of nitrogens with zero attached hydrogens (tertiary/aromatic N) is 1. The van der Waals surface area contributed by atoms with Crippen LogP contribution in [0.5, 0.6) is 0 Å². The minimum absolute atomic E-state index is 1.01. The van der Waals surface area contributed by atoms with Crippen molar-refractivity contribution < 1.29 is 0 Å². The molecule has 0 aliphatic rings. The summed E-state index contributed by atoms with van der Waals surface area (Å²) in [6, 6.07) is 0. The number of aliphatic imine (C=N–C) groups is 1. The van der Waals surface area contributed by atoms with Crippen LogP contribution in [0.4, 0.5) is 0 Å². The third kappa shape index (κ3) is 6.82. The SMILES string of the molecule is CC=C=C/N=C(/C)C=C(C)C. The average molecular weight is 149 g/mol. The first kappa shape index (κ1) is 9.93. The van der Waals surface area contributed by atoms with Gasteiger partial charge >= 0.3 is 0 Å². The van der Waals surface area contributed by atoms with Crippen LogP contribution in [0, 0.1) is 0 Å². The Kier molecular flexibility index (Phi) is 5.14. The van der Waals surface area contributed by atoms with Gasteiger partial charge in [0, 0.05) is 5.71 Å². The summed E-state index contributed by atoms with van der Waals surface area (Å²) in [7, 11) is 0. The lowest BCUT2D eigenvalue weighted by Gasteiger charge is -1.88. The molecule has 0 unspecified atom stereocenters. The number of hydrogen-bond acceptors (Lipinski definition) is 1. The van der Waals surface area contributed by atoms with E-state index in [1.165, 1.54) is 5.57 Å². The summed E-state index contributed by atoms with van der Waals surface area (Å²) >= 11 is 0. The highest BCUT2D eigenvalue weighted by molar-refractivity contribution is 5.93. The van der Waals surface area contributed by atoms with E-state index in [1.54, 1.807) is 6.20 Å². The van der Waals surface area contributed by atoms with Gasteiger partial charge in [0.15, 0.2) is 0 Å². The number of rotatable bonds is 2. The quantitative estimate of drug-likeness (QED) is 0.422. The Balaban J connectivity index is 4.24. The van der Waals surface area contributed by atoms with Crippen molar-refractivity contribution in [2.24, 2.45) is 4.99 Å². The van der Waals surface area contributed by atoms with E-state index in [9.17, 15) is 0 Å². The van der Waals surface area contributed by atoms with E-state index < -0.39 is 0 Å². The van der Waals surface area contributed by atoms with Gasteiger partial charge in [-0.15, -0.1) is 5.73 Å². The largest absolute Gasteiger partial charge is 0.253 e. The predicted octanol–water partition coefficient (Wildman–Crippen LogP) is 3.10. The lowest BCUT2D eigenvalue weighted by molar-refractivity contribution is 1.39. The fraction of sp³-hybridized carbons (Fsp3) is 0.400. The van der Waals surface area contributed by atoms with E-state index in [2.05, 4.69) is 24.6 Å². The second kappa shape index (κ2) is 5.70. The maximum Gasteiger partial charge on any atom is 0.0686 e.